The number of nitrogens with zero attached hydrogens (tertiary/aromatic N) is 5. The van der Waals surface area contributed by atoms with Crippen molar-refractivity contribution in [2.24, 2.45) is 0 Å². The molecule has 0 bridgehead atoms. The first-order valence-electron chi connectivity index (χ1n) is 11.5. The van der Waals surface area contributed by atoms with Gasteiger partial charge in [-0.05, 0) is 28.3 Å². The van der Waals surface area contributed by atoms with E-state index in [0.29, 0.717) is 18.8 Å². The Bertz CT molecular complexity index is 1280. The molecule has 1 atom stereocenters. The number of nitrogens with one attached hydrogen (secondary N) is 2. The molecule has 3 heterocycles. The number of imidazole rings is 1. The molecule has 9 nitrogen and oxygen atoms in total. The molecule has 5 rings (SSSR count). The van der Waals surface area contributed by atoms with Crippen LogP contribution in [0.1, 0.15) is 36.1 Å². The summed E-state index contributed by atoms with van der Waals surface area (Å²) in [7, 11) is 1.42. The molecule has 1 aliphatic heterocycles. The second-order valence-electron chi connectivity index (χ2n) is 8.40. The van der Waals surface area contributed by atoms with Crippen LogP contribution < -0.4 is 5.32 Å². The highest BCUT2D eigenvalue weighted by atomic mass is 16.5. The molecule has 0 spiro atoms. The number of carbonyl (C=O) groups is 1. The van der Waals surface area contributed by atoms with E-state index in [0.717, 1.165) is 53.3 Å². The van der Waals surface area contributed by atoms with E-state index in [1.54, 1.807) is 0 Å². The Balaban J connectivity index is 1.41. The number of aryl methyl sites for hydroxylation is 1. The van der Waals surface area contributed by atoms with Gasteiger partial charge in [0.25, 0.3) is 0 Å². The average molecular weight is 458 g/mol. The fraction of sp³-hybridized carbons (Fsp3) is 0.320. The molecule has 0 aliphatic carbocycles. The van der Waals surface area contributed by atoms with Crippen molar-refractivity contribution in [3.8, 4) is 22.5 Å². The Labute approximate surface area is 197 Å². The van der Waals surface area contributed by atoms with Gasteiger partial charge in [0.05, 0.1) is 18.5 Å². The van der Waals surface area contributed by atoms with Crippen LogP contribution in [-0.4, -0.2) is 49.3 Å². The van der Waals surface area contributed by atoms with Gasteiger partial charge >= 0.3 is 5.97 Å². The predicted octanol–water partition coefficient (Wildman–Crippen LogP) is 2.92. The van der Waals surface area contributed by atoms with Gasteiger partial charge in [-0.2, -0.15) is 5.21 Å². The number of benzene rings is 2. The number of H-pyrrole nitrogens is 1. The van der Waals surface area contributed by atoms with Crippen LogP contribution in [0.25, 0.3) is 22.5 Å². The molecule has 1 aliphatic rings. The molecule has 0 saturated carbocycles. The highest BCUT2D eigenvalue weighted by Crippen LogP contribution is 2.30. The van der Waals surface area contributed by atoms with Crippen LogP contribution in [0.2, 0.25) is 0 Å². The molecule has 0 saturated heterocycles. The summed E-state index contributed by atoms with van der Waals surface area (Å²) in [5.74, 6) is 1.40. The number of aromatic amines is 1. The summed E-state index contributed by atoms with van der Waals surface area (Å²) in [4.78, 5) is 16.9. The first-order valence-corrected chi connectivity index (χ1v) is 11.5. The number of hydrogen-bond acceptors (Lipinski definition) is 7. The van der Waals surface area contributed by atoms with E-state index >= 15 is 0 Å². The summed E-state index contributed by atoms with van der Waals surface area (Å²) in [6.07, 6.45) is 2.46. The second kappa shape index (κ2) is 9.56. The molecule has 34 heavy (non-hydrogen) atoms. The molecule has 174 valence electrons. The highest BCUT2D eigenvalue weighted by molar-refractivity contribution is 5.80. The molecule has 9 heteroatoms. The summed E-state index contributed by atoms with van der Waals surface area (Å²) >= 11 is 0. The van der Waals surface area contributed by atoms with E-state index < -0.39 is 0 Å². The van der Waals surface area contributed by atoms with Crippen LogP contribution in [0, 0.1) is 0 Å². The zero-order chi connectivity index (χ0) is 23.5. The second-order valence-corrected chi connectivity index (χ2v) is 8.40. The zero-order valence-electron chi connectivity index (χ0n) is 19.3. The summed E-state index contributed by atoms with van der Waals surface area (Å²) in [5.41, 5.74) is 6.41. The van der Waals surface area contributed by atoms with Crippen LogP contribution in [-0.2, 0) is 35.5 Å². The van der Waals surface area contributed by atoms with Crippen molar-refractivity contribution in [3.05, 3.63) is 71.3 Å². The minimum Gasteiger partial charge on any atom is -0.468 e. The maximum atomic E-state index is 12.0. The lowest BCUT2D eigenvalue weighted by molar-refractivity contribution is -0.143. The van der Waals surface area contributed by atoms with E-state index in [1.165, 1.54) is 12.7 Å². The van der Waals surface area contributed by atoms with E-state index in [9.17, 15) is 4.79 Å². The fourth-order valence-corrected chi connectivity index (χ4v) is 4.53. The number of methoxy groups -OCH3 is 1. The number of tetrazole rings is 1. The topological polar surface area (TPSA) is 111 Å². The van der Waals surface area contributed by atoms with Crippen molar-refractivity contribution in [1.82, 2.24) is 35.5 Å². The summed E-state index contributed by atoms with van der Waals surface area (Å²) in [6, 6.07) is 16.3. The van der Waals surface area contributed by atoms with Crippen LogP contribution in [0.15, 0.2) is 48.5 Å². The van der Waals surface area contributed by atoms with Gasteiger partial charge in [-0.15, -0.1) is 10.2 Å². The van der Waals surface area contributed by atoms with Crippen LogP contribution in [0.3, 0.4) is 0 Å². The number of fused-ring (bicyclic) bond motifs is 1. The number of carbonyl (C=O) groups excluding carboxylic acids is 1. The molecule has 0 radical (unpaired) electrons. The normalized spacial score (nSPS) is 15.2. The maximum Gasteiger partial charge on any atom is 0.323 e. The molecule has 2 N–H and O–H groups in total. The number of rotatable bonds is 7. The lowest BCUT2D eigenvalue weighted by atomic mass is 9.98. The van der Waals surface area contributed by atoms with Crippen molar-refractivity contribution >= 4 is 5.97 Å². The van der Waals surface area contributed by atoms with Crippen molar-refractivity contribution < 1.29 is 9.53 Å². The lowest BCUT2D eigenvalue weighted by Crippen LogP contribution is -2.43. The molecule has 0 amide bonds. The van der Waals surface area contributed by atoms with Gasteiger partial charge in [-0.25, -0.2) is 4.98 Å². The Hall–Kier alpha value is -3.85. The van der Waals surface area contributed by atoms with E-state index in [-0.39, 0.29) is 12.0 Å². The van der Waals surface area contributed by atoms with Crippen LogP contribution in [0.5, 0.6) is 0 Å². The third-order valence-corrected chi connectivity index (χ3v) is 6.23. The van der Waals surface area contributed by atoms with Gasteiger partial charge in [0, 0.05) is 31.5 Å². The number of aromatic nitrogens is 6. The first kappa shape index (κ1) is 22.0. The average Bonchev–Trinajstić information content (AvgIpc) is 3.53. The first-order chi connectivity index (χ1) is 16.7. The van der Waals surface area contributed by atoms with Crippen molar-refractivity contribution in [2.75, 3.05) is 7.11 Å². The third-order valence-electron chi connectivity index (χ3n) is 6.23. The number of ether oxygens (including phenoxy) is 1. The Morgan fingerprint density at radius 2 is 1.94 bits per heavy atom. The van der Waals surface area contributed by atoms with Crippen molar-refractivity contribution in [1.29, 1.82) is 0 Å². The van der Waals surface area contributed by atoms with Gasteiger partial charge < -0.3 is 9.30 Å². The Kier molecular flexibility index (Phi) is 6.18. The highest BCUT2D eigenvalue weighted by Gasteiger charge is 2.29. The lowest BCUT2D eigenvalue weighted by Gasteiger charge is -2.22. The molecular formula is C25H27N7O2. The standard InChI is InChI=1S/C25H27N7O2/c1-3-6-23-27-20-13-21(25(33)34-2)26-14-22(20)32(23)15-16-9-11-17(12-10-16)18-7-4-5-8-19(18)24-28-30-31-29-24/h4-5,7-12,21,26H,3,6,13-15H2,1-2H3,(H,28,29,30,31). The SMILES string of the molecule is CCCc1nc2c(n1Cc1ccc(-c3ccccc3-c3nn[nH]n3)cc1)CNC(C(=O)OC)C2. The summed E-state index contributed by atoms with van der Waals surface area (Å²) < 4.78 is 7.21. The molecule has 2 aromatic heterocycles. The van der Waals surface area contributed by atoms with Crippen LogP contribution in [0.4, 0.5) is 0 Å². The Morgan fingerprint density at radius 3 is 2.65 bits per heavy atom. The smallest absolute Gasteiger partial charge is 0.323 e. The molecular weight excluding hydrogens is 430 g/mol. The quantitative estimate of drug-likeness (QED) is 0.411. The van der Waals surface area contributed by atoms with Gasteiger partial charge in [0.15, 0.2) is 0 Å². The maximum absolute atomic E-state index is 12.0. The van der Waals surface area contributed by atoms with E-state index in [4.69, 9.17) is 9.72 Å². The largest absolute Gasteiger partial charge is 0.468 e. The Morgan fingerprint density at radius 1 is 1.15 bits per heavy atom. The van der Waals surface area contributed by atoms with Crippen molar-refractivity contribution in [3.63, 3.8) is 0 Å². The minimum atomic E-state index is -0.339. The number of esters is 1. The number of hydrogen-bond donors (Lipinski definition) is 2. The molecule has 1 unspecified atom stereocenters. The minimum absolute atomic E-state index is 0.242. The monoisotopic (exact) mass is 457 g/mol. The third kappa shape index (κ3) is 4.22. The van der Waals surface area contributed by atoms with E-state index in [1.807, 2.05) is 18.2 Å². The molecule has 0 fully saturated rings. The van der Waals surface area contributed by atoms with Gasteiger partial charge in [0.2, 0.25) is 5.82 Å². The summed E-state index contributed by atoms with van der Waals surface area (Å²) in [5, 5.41) is 17.8. The fourth-order valence-electron chi connectivity index (χ4n) is 4.53. The van der Waals surface area contributed by atoms with Gasteiger partial charge in [0.1, 0.15) is 11.9 Å². The predicted molar refractivity (Wildman–Crippen MR) is 127 cm³/mol. The van der Waals surface area contributed by atoms with Crippen molar-refractivity contribution in [2.45, 2.75) is 45.3 Å². The van der Waals surface area contributed by atoms with E-state index in [2.05, 4.69) is 67.8 Å². The molecule has 2 aromatic carbocycles. The van der Waals surface area contributed by atoms with Gasteiger partial charge in [-0.1, -0.05) is 55.5 Å². The molecule has 4 aromatic rings. The van der Waals surface area contributed by atoms with Crippen LogP contribution >= 0.6 is 0 Å². The van der Waals surface area contributed by atoms with Gasteiger partial charge in [-0.3, -0.25) is 10.1 Å². The summed E-state index contributed by atoms with van der Waals surface area (Å²) in [6.45, 7) is 3.49. The zero-order valence-corrected chi connectivity index (χ0v) is 19.3.